The van der Waals surface area contributed by atoms with Crippen LogP contribution in [0, 0.1) is 0 Å². The van der Waals surface area contributed by atoms with Gasteiger partial charge in [-0.25, -0.2) is 16.8 Å². The molecule has 1 aliphatic heterocycles. The van der Waals surface area contributed by atoms with Crippen LogP contribution in [0.2, 0.25) is 5.02 Å². The summed E-state index contributed by atoms with van der Waals surface area (Å²) < 4.78 is 76.4. The number of hydrogen-bond acceptors (Lipinski definition) is 9. The van der Waals surface area contributed by atoms with Crippen LogP contribution in [0.3, 0.4) is 0 Å². The zero-order chi connectivity index (χ0) is 31.5. The Hall–Kier alpha value is -3.00. The minimum Gasteiger partial charge on any atom is -0.748 e. The highest BCUT2D eigenvalue weighted by molar-refractivity contribution is 7.85. The molecule has 1 aromatic heterocycles. The highest BCUT2D eigenvalue weighted by atomic mass is 35.5. The number of allylic oxidation sites excluding steroid dienone is 2. The molecule has 44 heavy (non-hydrogen) atoms. The van der Waals surface area contributed by atoms with Crippen LogP contribution in [-0.4, -0.2) is 44.0 Å². The van der Waals surface area contributed by atoms with Crippen molar-refractivity contribution in [1.82, 2.24) is 0 Å². The zero-order valence-electron chi connectivity index (χ0n) is 24.1. The summed E-state index contributed by atoms with van der Waals surface area (Å²) in [7, 11) is -8.57. The third-order valence-corrected chi connectivity index (χ3v) is 10.3. The summed E-state index contributed by atoms with van der Waals surface area (Å²) in [5, 5.41) is 3.61. The molecule has 0 amide bonds. The van der Waals surface area contributed by atoms with Gasteiger partial charge in [0.05, 0.1) is 25.9 Å². The van der Waals surface area contributed by atoms with Crippen molar-refractivity contribution in [2.24, 2.45) is 0 Å². The van der Waals surface area contributed by atoms with Crippen molar-refractivity contribution < 1.29 is 35.2 Å². The second kappa shape index (κ2) is 13.6. The molecule has 0 unspecified atom stereocenters. The summed E-state index contributed by atoms with van der Waals surface area (Å²) in [6.45, 7) is 3.02. The Labute approximate surface area is 266 Å². The maximum atomic E-state index is 11.2. The van der Waals surface area contributed by atoms with Gasteiger partial charge in [-0.05, 0) is 66.3 Å². The predicted molar refractivity (Wildman–Crippen MR) is 173 cm³/mol. The van der Waals surface area contributed by atoms with Gasteiger partial charge in [-0.3, -0.25) is 0 Å². The molecular formula is C31H32ClN2O7S3-. The molecule has 0 bridgehead atoms. The molecule has 234 valence electrons. The predicted octanol–water partition coefficient (Wildman–Crippen LogP) is 6.18. The first kappa shape index (κ1) is 32.4. The summed E-state index contributed by atoms with van der Waals surface area (Å²) in [5.74, 6) is 0.478. The molecule has 3 aromatic carbocycles. The lowest BCUT2D eigenvalue weighted by Gasteiger charge is -2.19. The Balaban J connectivity index is 1.49. The maximum Gasteiger partial charge on any atom is 0.263 e. The number of aryl methyl sites for hydroxylation is 1. The molecule has 2 heterocycles. The van der Waals surface area contributed by atoms with Crippen molar-refractivity contribution in [3.8, 4) is 5.75 Å². The van der Waals surface area contributed by atoms with Gasteiger partial charge in [0.25, 0.3) is 5.01 Å². The van der Waals surface area contributed by atoms with Gasteiger partial charge >= 0.3 is 0 Å². The molecule has 4 aromatic rings. The van der Waals surface area contributed by atoms with Crippen molar-refractivity contribution in [2.45, 2.75) is 45.6 Å². The number of ether oxygens (including phenoxy) is 1. The van der Waals surface area contributed by atoms with Gasteiger partial charge in [-0.15, -0.1) is 0 Å². The van der Waals surface area contributed by atoms with Gasteiger partial charge in [0.1, 0.15) is 4.70 Å². The third-order valence-electron chi connectivity index (χ3n) is 7.37. The van der Waals surface area contributed by atoms with Gasteiger partial charge in [0.15, 0.2) is 12.3 Å². The van der Waals surface area contributed by atoms with Crippen LogP contribution in [0.25, 0.3) is 27.1 Å². The summed E-state index contributed by atoms with van der Waals surface area (Å²) in [4.78, 5) is 2.02. The van der Waals surface area contributed by atoms with Crippen LogP contribution in [0.1, 0.15) is 44.0 Å². The number of benzene rings is 3. The Morgan fingerprint density at radius 3 is 2.32 bits per heavy atom. The number of halogens is 1. The highest BCUT2D eigenvalue weighted by Gasteiger charge is 2.27. The Morgan fingerprint density at radius 1 is 0.955 bits per heavy atom. The van der Waals surface area contributed by atoms with Crippen LogP contribution in [-0.2, 0) is 26.8 Å². The molecule has 9 nitrogen and oxygen atoms in total. The molecule has 0 aliphatic carbocycles. The smallest absolute Gasteiger partial charge is 0.263 e. The lowest BCUT2D eigenvalue weighted by atomic mass is 10.1. The number of thiazole rings is 1. The average molecular weight is 676 g/mol. The summed E-state index contributed by atoms with van der Waals surface area (Å²) in [6.07, 6.45) is 6.21. The minimum absolute atomic E-state index is 0.243. The molecule has 0 N–H and O–H groups in total. The van der Waals surface area contributed by atoms with Gasteiger partial charge in [-0.2, -0.15) is 4.57 Å². The average Bonchev–Trinajstić information content (AvgIpc) is 3.46. The number of rotatable bonds is 13. The SMILES string of the molecule is CCC(=Cc1sc2ccc(Cl)cc2[n+]1CCCCS(=O)(=O)[O-])C=C1Oc2cc3ccccc3cc2N1CCCCS(=O)(=O)[O-]. The van der Waals surface area contributed by atoms with Crippen molar-refractivity contribution in [1.29, 1.82) is 0 Å². The van der Waals surface area contributed by atoms with E-state index in [4.69, 9.17) is 16.3 Å². The topological polar surface area (TPSA) is 131 Å². The number of hydrogen-bond donors (Lipinski definition) is 0. The van der Waals surface area contributed by atoms with Crippen molar-refractivity contribution in [2.75, 3.05) is 23.0 Å². The van der Waals surface area contributed by atoms with Crippen LogP contribution >= 0.6 is 22.9 Å². The Bertz CT molecular complexity index is 1970. The van der Waals surface area contributed by atoms with Crippen LogP contribution in [0.5, 0.6) is 5.75 Å². The number of unbranched alkanes of at least 4 members (excludes halogenated alkanes) is 2. The van der Waals surface area contributed by atoms with Crippen LogP contribution in [0.15, 0.2) is 72.1 Å². The van der Waals surface area contributed by atoms with E-state index >= 15 is 0 Å². The molecule has 0 fully saturated rings. The summed E-state index contributed by atoms with van der Waals surface area (Å²) in [6, 6.07) is 17.7. The molecule has 0 radical (unpaired) electrons. The van der Waals surface area contributed by atoms with Crippen molar-refractivity contribution >= 4 is 75.9 Å². The third kappa shape index (κ3) is 8.17. The van der Waals surface area contributed by atoms with E-state index in [-0.39, 0.29) is 12.8 Å². The van der Waals surface area contributed by atoms with E-state index in [0.29, 0.717) is 49.0 Å². The molecule has 1 aliphatic rings. The second-order valence-corrected chi connectivity index (χ2v) is 15.2. The molecule has 0 saturated carbocycles. The van der Waals surface area contributed by atoms with E-state index in [2.05, 4.69) is 16.7 Å². The van der Waals surface area contributed by atoms with Crippen molar-refractivity contribution in [3.05, 3.63) is 82.2 Å². The number of nitrogens with zero attached hydrogens (tertiary/aromatic N) is 2. The van der Waals surface area contributed by atoms with Gasteiger partial charge in [0.2, 0.25) is 11.4 Å². The van der Waals surface area contributed by atoms with E-state index in [0.717, 1.165) is 37.3 Å². The fourth-order valence-electron chi connectivity index (χ4n) is 5.20. The standard InChI is InChI=1S/C31H33ClN2O7S3/c1-2-22(18-31-34(14-6-8-16-44(38,39)40)27-21-25(32)11-12-29(27)42-31)17-30-33(13-5-7-15-43(35,36)37)26-19-23-9-3-4-10-24(23)20-28(26)41-30/h3-4,9-12,17-21H,2,5-8,13-16H2,1H3,(H-,35,36,37,38,39,40)/p-1. The molecular weight excluding hydrogens is 644 g/mol. The number of aromatic nitrogens is 1. The number of anilines is 1. The van der Waals surface area contributed by atoms with E-state index in [9.17, 15) is 25.9 Å². The fourth-order valence-corrected chi connectivity index (χ4v) is 7.62. The van der Waals surface area contributed by atoms with Crippen LogP contribution in [0.4, 0.5) is 5.69 Å². The summed E-state index contributed by atoms with van der Waals surface area (Å²) >= 11 is 7.90. The first-order valence-electron chi connectivity index (χ1n) is 14.3. The lowest BCUT2D eigenvalue weighted by Crippen LogP contribution is -2.35. The molecule has 5 rings (SSSR count). The summed E-state index contributed by atoms with van der Waals surface area (Å²) in [5.41, 5.74) is 2.77. The van der Waals surface area contributed by atoms with E-state index in [1.54, 1.807) is 11.3 Å². The van der Waals surface area contributed by atoms with E-state index in [1.165, 1.54) is 0 Å². The van der Waals surface area contributed by atoms with Gasteiger partial charge in [0, 0.05) is 47.7 Å². The first-order chi connectivity index (χ1) is 20.9. The largest absolute Gasteiger partial charge is 0.748 e. The maximum absolute atomic E-state index is 11.2. The monoisotopic (exact) mass is 675 g/mol. The number of fused-ring (bicyclic) bond motifs is 3. The molecule has 0 saturated heterocycles. The van der Waals surface area contributed by atoms with E-state index < -0.39 is 31.7 Å². The fraction of sp³-hybridized carbons (Fsp3) is 0.323. The van der Waals surface area contributed by atoms with E-state index in [1.807, 2.05) is 66.4 Å². The Morgan fingerprint density at radius 2 is 1.64 bits per heavy atom. The highest BCUT2D eigenvalue weighted by Crippen LogP contribution is 2.42. The van der Waals surface area contributed by atoms with Crippen molar-refractivity contribution in [3.63, 3.8) is 0 Å². The quantitative estimate of drug-likeness (QED) is 0.0933. The lowest BCUT2D eigenvalue weighted by molar-refractivity contribution is -0.669. The Kier molecular flexibility index (Phi) is 9.98. The van der Waals surface area contributed by atoms with Gasteiger partial charge in [-0.1, -0.05) is 54.1 Å². The van der Waals surface area contributed by atoms with Crippen LogP contribution < -0.4 is 14.2 Å². The second-order valence-electron chi connectivity index (χ2n) is 10.6. The zero-order valence-corrected chi connectivity index (χ0v) is 27.3. The molecule has 13 heteroatoms. The minimum atomic E-state index is -4.29. The van der Waals surface area contributed by atoms with Gasteiger partial charge < -0.3 is 18.7 Å². The molecule has 0 spiro atoms. The molecule has 0 atom stereocenters. The first-order valence-corrected chi connectivity index (χ1v) is 18.6. The normalized spacial score (nSPS) is 15.0.